The molecule has 3 nitrogen and oxygen atoms in total. The average Bonchev–Trinajstić information content (AvgIpc) is 2.43. The Kier molecular flexibility index (Phi) is 2.09. The van der Waals surface area contributed by atoms with Crippen LogP contribution in [0, 0.1) is 0 Å². The molecule has 0 radical (unpaired) electrons. The van der Waals surface area contributed by atoms with Gasteiger partial charge in [0.1, 0.15) is 11.0 Å². The van der Waals surface area contributed by atoms with Crippen molar-refractivity contribution in [1.29, 1.82) is 0 Å². The number of fused-ring (bicyclic) bond motifs is 1. The second kappa shape index (κ2) is 3.34. The minimum atomic E-state index is 0.266. The van der Waals surface area contributed by atoms with Crippen LogP contribution in [0.2, 0.25) is 5.15 Å². The monoisotopic (exact) mass is 224 g/mol. The van der Waals surface area contributed by atoms with Gasteiger partial charge in [0, 0.05) is 18.8 Å². The van der Waals surface area contributed by atoms with Gasteiger partial charge in [-0.3, -0.25) is 4.79 Å². The fourth-order valence-electron chi connectivity index (χ4n) is 2.30. The van der Waals surface area contributed by atoms with Crippen LogP contribution in [0.15, 0.2) is 0 Å². The summed E-state index contributed by atoms with van der Waals surface area (Å²) in [6.07, 6.45) is 5.05. The zero-order chi connectivity index (χ0) is 10.4. The van der Waals surface area contributed by atoms with E-state index < -0.39 is 0 Å². The predicted molar refractivity (Wildman–Crippen MR) is 57.2 cm³/mol. The summed E-state index contributed by atoms with van der Waals surface area (Å²) in [5.74, 6) is 1.81. The van der Waals surface area contributed by atoms with Gasteiger partial charge >= 0.3 is 0 Å². The topological polar surface area (TPSA) is 34.9 Å². The quantitative estimate of drug-likeness (QED) is 0.734. The number of hydrogen-bond acceptors (Lipinski definition) is 2. The van der Waals surface area contributed by atoms with Crippen LogP contribution in [-0.4, -0.2) is 15.3 Å². The Balaban J connectivity index is 2.00. The van der Waals surface area contributed by atoms with Gasteiger partial charge < -0.3 is 4.57 Å². The van der Waals surface area contributed by atoms with E-state index in [-0.39, 0.29) is 5.78 Å². The Hall–Kier alpha value is -0.830. The highest BCUT2D eigenvalue weighted by Gasteiger charge is 2.29. The molecule has 0 saturated heterocycles. The number of rotatable bonds is 1. The van der Waals surface area contributed by atoms with Crippen molar-refractivity contribution in [3.05, 3.63) is 16.7 Å². The van der Waals surface area contributed by atoms with E-state index in [1.807, 2.05) is 4.57 Å². The lowest BCUT2D eigenvalue weighted by atomic mass is 9.83. The molecule has 3 rings (SSSR count). The number of aryl methyl sites for hydroxylation is 1. The number of Topliss-reactive ketones (excluding diaryl/α,β-unsaturated/α-hetero) is 1. The summed E-state index contributed by atoms with van der Waals surface area (Å²) >= 11 is 6.26. The first-order valence-corrected chi connectivity index (χ1v) is 5.90. The minimum Gasteiger partial charge on any atom is -0.311 e. The van der Waals surface area contributed by atoms with Crippen LogP contribution in [0.1, 0.15) is 43.1 Å². The molecule has 0 atom stereocenters. The zero-order valence-corrected chi connectivity index (χ0v) is 9.26. The van der Waals surface area contributed by atoms with Gasteiger partial charge in [-0.15, -0.1) is 0 Å². The van der Waals surface area contributed by atoms with Gasteiger partial charge in [-0.05, 0) is 12.8 Å². The van der Waals surface area contributed by atoms with Crippen LogP contribution in [-0.2, 0) is 17.8 Å². The molecule has 0 unspecified atom stereocenters. The van der Waals surface area contributed by atoms with Crippen molar-refractivity contribution >= 4 is 17.4 Å². The van der Waals surface area contributed by atoms with Gasteiger partial charge in [0.15, 0.2) is 5.78 Å². The second-order valence-electron chi connectivity index (χ2n) is 4.46. The van der Waals surface area contributed by atoms with Crippen molar-refractivity contribution in [2.45, 2.75) is 44.6 Å². The normalized spacial score (nSPS) is 21.3. The predicted octanol–water partition coefficient (Wildman–Crippen LogP) is 2.32. The Bertz CT molecular complexity index is 420. The van der Waals surface area contributed by atoms with E-state index in [0.717, 1.165) is 17.9 Å². The summed E-state index contributed by atoms with van der Waals surface area (Å²) in [4.78, 5) is 15.9. The van der Waals surface area contributed by atoms with Crippen molar-refractivity contribution in [3.8, 4) is 0 Å². The molecule has 0 aromatic carbocycles. The average molecular weight is 225 g/mol. The van der Waals surface area contributed by atoms with Crippen LogP contribution < -0.4 is 0 Å². The van der Waals surface area contributed by atoms with E-state index in [2.05, 4.69) is 4.98 Å². The molecule has 2 aliphatic rings. The molecular formula is C11H13ClN2O. The van der Waals surface area contributed by atoms with Crippen LogP contribution in [0.25, 0.3) is 0 Å². The molecule has 1 fully saturated rings. The number of aromatic nitrogens is 2. The molecule has 1 aromatic rings. The SMILES string of the molecule is O=C1CCc2nc(C3CCC3)c(Cl)n2C1. The maximum atomic E-state index is 11.3. The number of imidazole rings is 1. The third kappa shape index (κ3) is 1.41. The Labute approximate surface area is 93.4 Å². The van der Waals surface area contributed by atoms with Crippen molar-refractivity contribution in [2.24, 2.45) is 0 Å². The smallest absolute Gasteiger partial charge is 0.153 e. The van der Waals surface area contributed by atoms with Crippen molar-refractivity contribution in [1.82, 2.24) is 9.55 Å². The highest BCUT2D eigenvalue weighted by atomic mass is 35.5. The fraction of sp³-hybridized carbons (Fsp3) is 0.636. The Morgan fingerprint density at radius 3 is 2.80 bits per heavy atom. The molecule has 1 aliphatic heterocycles. The number of hydrogen-bond donors (Lipinski definition) is 0. The van der Waals surface area contributed by atoms with Crippen LogP contribution in [0.4, 0.5) is 0 Å². The maximum Gasteiger partial charge on any atom is 0.153 e. The molecule has 4 heteroatoms. The highest BCUT2D eigenvalue weighted by molar-refractivity contribution is 6.30. The zero-order valence-electron chi connectivity index (χ0n) is 8.50. The first kappa shape index (κ1) is 9.40. The van der Waals surface area contributed by atoms with E-state index in [0.29, 0.717) is 24.0 Å². The highest BCUT2D eigenvalue weighted by Crippen LogP contribution is 2.40. The van der Waals surface area contributed by atoms with Gasteiger partial charge in [-0.25, -0.2) is 4.98 Å². The molecule has 2 heterocycles. The van der Waals surface area contributed by atoms with Gasteiger partial charge in [-0.2, -0.15) is 0 Å². The lowest BCUT2D eigenvalue weighted by molar-refractivity contribution is -0.120. The molecule has 1 aliphatic carbocycles. The number of carbonyl (C=O) groups excluding carboxylic acids is 1. The van der Waals surface area contributed by atoms with E-state index >= 15 is 0 Å². The van der Waals surface area contributed by atoms with Gasteiger partial charge in [0.25, 0.3) is 0 Å². The van der Waals surface area contributed by atoms with Crippen LogP contribution >= 0.6 is 11.6 Å². The summed E-state index contributed by atoms with van der Waals surface area (Å²) in [6, 6.07) is 0. The largest absolute Gasteiger partial charge is 0.311 e. The standard InChI is InChI=1S/C11H13ClN2O/c12-11-10(7-2-1-3-7)13-9-5-4-8(15)6-14(9)11/h7H,1-6H2. The molecule has 0 N–H and O–H groups in total. The Morgan fingerprint density at radius 2 is 2.13 bits per heavy atom. The lowest BCUT2D eigenvalue weighted by Gasteiger charge is -2.23. The molecule has 0 bridgehead atoms. The summed E-state index contributed by atoms with van der Waals surface area (Å²) in [7, 11) is 0. The summed E-state index contributed by atoms with van der Waals surface area (Å²) in [5.41, 5.74) is 1.03. The van der Waals surface area contributed by atoms with Crippen molar-refractivity contribution in [3.63, 3.8) is 0 Å². The fourth-order valence-corrected chi connectivity index (χ4v) is 2.65. The molecule has 0 amide bonds. The summed E-state index contributed by atoms with van der Waals surface area (Å²) < 4.78 is 1.89. The van der Waals surface area contributed by atoms with Crippen LogP contribution in [0.5, 0.6) is 0 Å². The molecular weight excluding hydrogens is 212 g/mol. The summed E-state index contributed by atoms with van der Waals surface area (Å²) in [5, 5.41) is 0.711. The first-order chi connectivity index (χ1) is 7.25. The second-order valence-corrected chi connectivity index (χ2v) is 4.81. The number of carbonyl (C=O) groups is 1. The van der Waals surface area contributed by atoms with Gasteiger partial charge in [-0.1, -0.05) is 18.0 Å². The molecule has 1 aromatic heterocycles. The van der Waals surface area contributed by atoms with Gasteiger partial charge in [0.2, 0.25) is 0 Å². The van der Waals surface area contributed by atoms with E-state index in [1.165, 1.54) is 19.3 Å². The van der Waals surface area contributed by atoms with Crippen molar-refractivity contribution in [2.75, 3.05) is 0 Å². The molecule has 1 saturated carbocycles. The van der Waals surface area contributed by atoms with E-state index in [9.17, 15) is 4.79 Å². The van der Waals surface area contributed by atoms with E-state index in [1.54, 1.807) is 0 Å². The molecule has 80 valence electrons. The third-order valence-electron chi connectivity index (χ3n) is 3.46. The molecule has 0 spiro atoms. The maximum absolute atomic E-state index is 11.3. The number of ketones is 1. The minimum absolute atomic E-state index is 0.266. The number of nitrogens with zero attached hydrogens (tertiary/aromatic N) is 2. The Morgan fingerprint density at radius 1 is 1.33 bits per heavy atom. The van der Waals surface area contributed by atoms with Crippen LogP contribution in [0.3, 0.4) is 0 Å². The van der Waals surface area contributed by atoms with Crippen molar-refractivity contribution < 1.29 is 4.79 Å². The third-order valence-corrected chi connectivity index (χ3v) is 3.86. The summed E-state index contributed by atoms with van der Waals surface area (Å²) in [6.45, 7) is 0.424. The molecule has 15 heavy (non-hydrogen) atoms. The van der Waals surface area contributed by atoms with E-state index in [4.69, 9.17) is 11.6 Å². The van der Waals surface area contributed by atoms with Gasteiger partial charge in [0.05, 0.1) is 12.2 Å². The first-order valence-electron chi connectivity index (χ1n) is 5.52. The lowest BCUT2D eigenvalue weighted by Crippen LogP contribution is -2.19. The number of halogens is 1.